The predicted octanol–water partition coefficient (Wildman–Crippen LogP) is 3.23. The van der Waals surface area contributed by atoms with Gasteiger partial charge in [-0.05, 0) is 55.3 Å². The zero-order valence-electron chi connectivity index (χ0n) is 15.9. The summed E-state index contributed by atoms with van der Waals surface area (Å²) in [6.07, 6.45) is 6.05. The molecule has 0 aromatic carbocycles. The molecule has 4 nitrogen and oxygen atoms in total. The van der Waals surface area contributed by atoms with Crippen LogP contribution in [-0.4, -0.2) is 47.8 Å². The van der Waals surface area contributed by atoms with E-state index in [0.717, 1.165) is 12.8 Å². The standard InChI is InChI=1S/C20H35NO3/c1-18(2)6-5-7-19(3)13-15(20(4,23)14-16(18)19)12-17(22)21-8-10-24-11-9-21/h15-16,23H,5-14H2,1-4H3/t15-,16-,19-,20-/m1/s1. The van der Waals surface area contributed by atoms with Gasteiger partial charge in [0, 0.05) is 19.5 Å². The highest BCUT2D eigenvalue weighted by Crippen LogP contribution is 2.61. The van der Waals surface area contributed by atoms with Crippen LogP contribution in [0, 0.1) is 22.7 Å². The molecule has 4 atom stereocenters. The summed E-state index contributed by atoms with van der Waals surface area (Å²) in [5.41, 5.74) is -0.184. The van der Waals surface area contributed by atoms with Crippen LogP contribution < -0.4 is 0 Å². The van der Waals surface area contributed by atoms with Crippen molar-refractivity contribution in [2.45, 2.75) is 71.8 Å². The molecule has 0 bridgehead atoms. The van der Waals surface area contributed by atoms with Crippen molar-refractivity contribution in [2.75, 3.05) is 26.3 Å². The molecule has 0 radical (unpaired) electrons. The third kappa shape index (κ3) is 3.37. The van der Waals surface area contributed by atoms with E-state index in [1.165, 1.54) is 19.3 Å². The van der Waals surface area contributed by atoms with Gasteiger partial charge in [0.15, 0.2) is 0 Å². The molecule has 3 rings (SSSR count). The van der Waals surface area contributed by atoms with Crippen molar-refractivity contribution in [1.29, 1.82) is 0 Å². The second kappa shape index (κ2) is 6.28. The Morgan fingerprint density at radius 1 is 1.12 bits per heavy atom. The number of hydrogen-bond acceptors (Lipinski definition) is 3. The molecule has 1 heterocycles. The number of aliphatic hydroxyl groups is 1. The van der Waals surface area contributed by atoms with Crippen molar-refractivity contribution in [1.82, 2.24) is 4.90 Å². The van der Waals surface area contributed by atoms with Gasteiger partial charge in [0.2, 0.25) is 5.91 Å². The molecule has 2 saturated carbocycles. The Morgan fingerprint density at radius 3 is 2.46 bits per heavy atom. The Balaban J connectivity index is 1.73. The summed E-state index contributed by atoms with van der Waals surface area (Å²) < 4.78 is 5.35. The highest BCUT2D eigenvalue weighted by molar-refractivity contribution is 5.76. The smallest absolute Gasteiger partial charge is 0.223 e. The van der Waals surface area contributed by atoms with Crippen LogP contribution in [0.25, 0.3) is 0 Å². The molecule has 0 unspecified atom stereocenters. The molecule has 0 spiro atoms. The summed E-state index contributed by atoms with van der Waals surface area (Å²) in [7, 11) is 0. The molecule has 0 aromatic rings. The summed E-state index contributed by atoms with van der Waals surface area (Å²) in [6.45, 7) is 11.8. The van der Waals surface area contributed by atoms with Crippen LogP contribution in [-0.2, 0) is 9.53 Å². The van der Waals surface area contributed by atoms with E-state index in [9.17, 15) is 9.90 Å². The second-order valence-electron chi connectivity index (χ2n) is 9.71. The molecule has 4 heteroatoms. The molecule has 1 N–H and O–H groups in total. The highest BCUT2D eigenvalue weighted by atomic mass is 16.5. The third-order valence-corrected chi connectivity index (χ3v) is 7.35. The number of carbonyl (C=O) groups excluding carboxylic acids is 1. The van der Waals surface area contributed by atoms with Crippen molar-refractivity contribution in [3.8, 4) is 0 Å². The topological polar surface area (TPSA) is 49.8 Å². The first-order chi connectivity index (χ1) is 11.1. The van der Waals surface area contributed by atoms with Crippen LogP contribution in [0.4, 0.5) is 0 Å². The van der Waals surface area contributed by atoms with Gasteiger partial charge in [-0.1, -0.05) is 27.2 Å². The lowest BCUT2D eigenvalue weighted by Gasteiger charge is -2.59. The van der Waals surface area contributed by atoms with Gasteiger partial charge in [-0.25, -0.2) is 0 Å². The number of rotatable bonds is 2. The van der Waals surface area contributed by atoms with E-state index in [2.05, 4.69) is 20.8 Å². The SMILES string of the molecule is CC1(C)CCC[C@]2(C)C[C@@H](CC(=O)N3CCOCC3)[C@](C)(O)C[C@H]12. The van der Waals surface area contributed by atoms with E-state index in [1.807, 2.05) is 11.8 Å². The number of nitrogens with zero attached hydrogens (tertiary/aromatic N) is 1. The van der Waals surface area contributed by atoms with Crippen LogP contribution in [0.5, 0.6) is 0 Å². The van der Waals surface area contributed by atoms with Gasteiger partial charge in [0.05, 0.1) is 18.8 Å². The Kier molecular flexibility index (Phi) is 4.76. The molecule has 2 aliphatic carbocycles. The molecule has 1 amide bonds. The lowest BCUT2D eigenvalue weighted by molar-refractivity contribution is -0.160. The summed E-state index contributed by atoms with van der Waals surface area (Å²) in [4.78, 5) is 14.6. The fraction of sp³-hybridized carbons (Fsp3) is 0.950. The number of morpholine rings is 1. The van der Waals surface area contributed by atoms with Gasteiger partial charge in [-0.15, -0.1) is 0 Å². The van der Waals surface area contributed by atoms with Crippen LogP contribution >= 0.6 is 0 Å². The summed E-state index contributed by atoms with van der Waals surface area (Å²) in [6, 6.07) is 0. The van der Waals surface area contributed by atoms with Crippen molar-refractivity contribution < 1.29 is 14.6 Å². The molecule has 3 fully saturated rings. The van der Waals surface area contributed by atoms with Gasteiger partial charge >= 0.3 is 0 Å². The van der Waals surface area contributed by atoms with Gasteiger partial charge in [-0.3, -0.25) is 4.79 Å². The molecule has 24 heavy (non-hydrogen) atoms. The Hall–Kier alpha value is -0.610. The molecule has 3 aliphatic rings. The molecular weight excluding hydrogens is 302 g/mol. The maximum absolute atomic E-state index is 12.7. The van der Waals surface area contributed by atoms with E-state index < -0.39 is 5.60 Å². The summed E-state index contributed by atoms with van der Waals surface area (Å²) in [5, 5.41) is 11.2. The van der Waals surface area contributed by atoms with E-state index in [-0.39, 0.29) is 22.7 Å². The number of fused-ring (bicyclic) bond motifs is 1. The molecular formula is C20H35NO3. The van der Waals surface area contributed by atoms with Crippen LogP contribution in [0.3, 0.4) is 0 Å². The van der Waals surface area contributed by atoms with E-state index >= 15 is 0 Å². The Morgan fingerprint density at radius 2 is 1.79 bits per heavy atom. The minimum Gasteiger partial charge on any atom is -0.390 e. The maximum atomic E-state index is 12.7. The quantitative estimate of drug-likeness (QED) is 0.841. The van der Waals surface area contributed by atoms with Crippen molar-refractivity contribution in [3.63, 3.8) is 0 Å². The minimum atomic E-state index is -0.735. The fourth-order valence-electron chi connectivity index (χ4n) is 5.81. The van der Waals surface area contributed by atoms with Gasteiger partial charge in [-0.2, -0.15) is 0 Å². The highest BCUT2D eigenvalue weighted by Gasteiger charge is 2.55. The van der Waals surface area contributed by atoms with Gasteiger partial charge in [0.25, 0.3) is 0 Å². The van der Waals surface area contributed by atoms with Crippen molar-refractivity contribution in [2.24, 2.45) is 22.7 Å². The number of carbonyl (C=O) groups is 1. The van der Waals surface area contributed by atoms with Gasteiger partial charge in [0.1, 0.15) is 0 Å². The zero-order chi connectivity index (χ0) is 17.6. The van der Waals surface area contributed by atoms with Crippen LogP contribution in [0.15, 0.2) is 0 Å². The number of amides is 1. The second-order valence-corrected chi connectivity index (χ2v) is 9.71. The first-order valence-electron chi connectivity index (χ1n) is 9.72. The molecule has 138 valence electrons. The van der Waals surface area contributed by atoms with Crippen LogP contribution in [0.2, 0.25) is 0 Å². The summed E-state index contributed by atoms with van der Waals surface area (Å²) in [5.74, 6) is 0.812. The minimum absolute atomic E-state index is 0.0722. The van der Waals surface area contributed by atoms with Crippen molar-refractivity contribution >= 4 is 5.91 Å². The predicted molar refractivity (Wildman–Crippen MR) is 94.6 cm³/mol. The largest absolute Gasteiger partial charge is 0.390 e. The first kappa shape index (κ1) is 18.2. The molecule has 1 aliphatic heterocycles. The third-order valence-electron chi connectivity index (χ3n) is 7.35. The average Bonchev–Trinajstić information content (AvgIpc) is 2.50. The molecule has 1 saturated heterocycles. The first-order valence-corrected chi connectivity index (χ1v) is 9.72. The normalized spacial score (nSPS) is 42.5. The van der Waals surface area contributed by atoms with Gasteiger partial charge < -0.3 is 14.7 Å². The van der Waals surface area contributed by atoms with E-state index in [0.29, 0.717) is 38.6 Å². The van der Waals surface area contributed by atoms with Crippen LogP contribution in [0.1, 0.15) is 66.2 Å². The monoisotopic (exact) mass is 337 g/mol. The lowest BCUT2D eigenvalue weighted by Crippen LogP contribution is -2.55. The maximum Gasteiger partial charge on any atom is 0.223 e. The average molecular weight is 338 g/mol. The van der Waals surface area contributed by atoms with E-state index in [4.69, 9.17) is 4.74 Å². The van der Waals surface area contributed by atoms with E-state index in [1.54, 1.807) is 0 Å². The lowest BCUT2D eigenvalue weighted by atomic mass is 9.47. The Bertz CT molecular complexity index is 481. The Labute approximate surface area is 146 Å². The number of ether oxygens (including phenoxy) is 1. The number of hydrogen-bond donors (Lipinski definition) is 1. The van der Waals surface area contributed by atoms with Crippen molar-refractivity contribution in [3.05, 3.63) is 0 Å². The zero-order valence-corrected chi connectivity index (χ0v) is 15.9. The fourth-order valence-corrected chi connectivity index (χ4v) is 5.81. The summed E-state index contributed by atoms with van der Waals surface area (Å²) >= 11 is 0. The molecule has 0 aromatic heterocycles.